The second-order valence-electron chi connectivity index (χ2n) is 4.25. The second-order valence-corrected chi connectivity index (χ2v) is 4.25. The molecule has 0 aliphatic rings. The van der Waals surface area contributed by atoms with E-state index in [2.05, 4.69) is 74.5 Å². The Hall–Kier alpha value is -1.82. The summed E-state index contributed by atoms with van der Waals surface area (Å²) in [6.45, 7) is 4.38. The maximum atomic E-state index is 2.28. The molecule has 0 saturated heterocycles. The molecule has 86 valence electrons. The predicted octanol–water partition coefficient (Wildman–Crippen LogP) is 4.95. The Morgan fingerprint density at radius 3 is 2.24 bits per heavy atom. The summed E-state index contributed by atoms with van der Waals surface area (Å²) in [5.74, 6) is 0. The smallest absolute Gasteiger partial charge is 0.0195 e. The third-order valence-electron chi connectivity index (χ3n) is 3.01. The Bertz CT molecular complexity index is 507. The van der Waals surface area contributed by atoms with Crippen LogP contribution in [0.4, 0.5) is 0 Å². The number of aryl methyl sites for hydroxylation is 1. The van der Waals surface area contributed by atoms with E-state index in [1.165, 1.54) is 22.3 Å². The van der Waals surface area contributed by atoms with Gasteiger partial charge in [-0.05, 0) is 35.6 Å². The molecule has 0 amide bonds. The van der Waals surface area contributed by atoms with Crippen molar-refractivity contribution in [2.45, 2.75) is 20.3 Å². The van der Waals surface area contributed by atoms with E-state index >= 15 is 0 Å². The van der Waals surface area contributed by atoms with Crippen molar-refractivity contribution in [2.24, 2.45) is 0 Å². The van der Waals surface area contributed by atoms with Gasteiger partial charge >= 0.3 is 0 Å². The van der Waals surface area contributed by atoms with Crippen molar-refractivity contribution in [3.8, 4) is 0 Å². The van der Waals surface area contributed by atoms with Crippen LogP contribution in [0.1, 0.15) is 30.0 Å². The van der Waals surface area contributed by atoms with E-state index in [0.29, 0.717) is 0 Å². The topological polar surface area (TPSA) is 0 Å². The maximum Gasteiger partial charge on any atom is -0.0195 e. The van der Waals surface area contributed by atoms with Crippen LogP contribution < -0.4 is 0 Å². The second kappa shape index (κ2) is 5.49. The summed E-state index contributed by atoms with van der Waals surface area (Å²) in [4.78, 5) is 0. The average molecular weight is 222 g/mol. The minimum atomic E-state index is 1.06. The standard InChI is InChI=1S/C17H18/c1-3-16(13-15-10-5-4-6-11-15)17-12-8-7-9-14(17)2/h4-13H,3H2,1-2H3/b16-13-. The molecular formula is C17H18. The molecule has 0 heteroatoms. The molecule has 0 heterocycles. The van der Waals surface area contributed by atoms with Gasteiger partial charge in [0.1, 0.15) is 0 Å². The first-order valence-corrected chi connectivity index (χ1v) is 6.13. The molecule has 0 aromatic heterocycles. The lowest BCUT2D eigenvalue weighted by Crippen LogP contribution is -1.87. The zero-order valence-electron chi connectivity index (χ0n) is 10.5. The Morgan fingerprint density at radius 2 is 1.59 bits per heavy atom. The average Bonchev–Trinajstić information content (AvgIpc) is 2.38. The monoisotopic (exact) mass is 222 g/mol. The van der Waals surface area contributed by atoms with Crippen molar-refractivity contribution in [3.63, 3.8) is 0 Å². The van der Waals surface area contributed by atoms with Crippen LogP contribution in [0.25, 0.3) is 11.6 Å². The summed E-state index contributed by atoms with van der Waals surface area (Å²) >= 11 is 0. The molecule has 0 spiro atoms. The minimum Gasteiger partial charge on any atom is -0.0622 e. The lowest BCUT2D eigenvalue weighted by atomic mass is 9.97. The van der Waals surface area contributed by atoms with Crippen LogP contribution in [0.2, 0.25) is 0 Å². The molecule has 0 bridgehead atoms. The SMILES string of the molecule is CC/C(=C/c1ccccc1)c1ccccc1C. The molecule has 0 unspecified atom stereocenters. The summed E-state index contributed by atoms with van der Waals surface area (Å²) in [7, 11) is 0. The van der Waals surface area contributed by atoms with E-state index in [1.807, 2.05) is 0 Å². The van der Waals surface area contributed by atoms with Crippen molar-refractivity contribution in [2.75, 3.05) is 0 Å². The number of hydrogen-bond acceptors (Lipinski definition) is 0. The van der Waals surface area contributed by atoms with Gasteiger partial charge in [-0.25, -0.2) is 0 Å². The van der Waals surface area contributed by atoms with Gasteiger partial charge < -0.3 is 0 Å². The van der Waals surface area contributed by atoms with Gasteiger partial charge in [-0.15, -0.1) is 0 Å². The van der Waals surface area contributed by atoms with E-state index in [9.17, 15) is 0 Å². The first-order chi connectivity index (χ1) is 8.31. The largest absolute Gasteiger partial charge is 0.0622 e. The Labute approximate surface area is 104 Å². The van der Waals surface area contributed by atoms with Gasteiger partial charge in [0.05, 0.1) is 0 Å². The van der Waals surface area contributed by atoms with Crippen molar-refractivity contribution >= 4 is 11.6 Å². The van der Waals surface area contributed by atoms with Crippen LogP contribution in [0.3, 0.4) is 0 Å². The van der Waals surface area contributed by atoms with E-state index < -0.39 is 0 Å². The molecule has 17 heavy (non-hydrogen) atoms. The minimum absolute atomic E-state index is 1.06. The Kier molecular flexibility index (Phi) is 3.77. The Balaban J connectivity index is 2.41. The fourth-order valence-corrected chi connectivity index (χ4v) is 2.05. The van der Waals surface area contributed by atoms with Crippen LogP contribution in [-0.4, -0.2) is 0 Å². The zero-order valence-corrected chi connectivity index (χ0v) is 10.5. The predicted molar refractivity (Wildman–Crippen MR) is 75.8 cm³/mol. The first-order valence-electron chi connectivity index (χ1n) is 6.13. The summed E-state index contributed by atoms with van der Waals surface area (Å²) in [6, 6.07) is 19.1. The molecule has 0 aliphatic carbocycles. The normalized spacial score (nSPS) is 11.5. The zero-order chi connectivity index (χ0) is 12.1. The lowest BCUT2D eigenvalue weighted by Gasteiger charge is -2.08. The summed E-state index contributed by atoms with van der Waals surface area (Å²) < 4.78 is 0. The molecule has 2 rings (SSSR count). The van der Waals surface area contributed by atoms with Crippen molar-refractivity contribution in [1.29, 1.82) is 0 Å². The van der Waals surface area contributed by atoms with Crippen LogP contribution in [0.15, 0.2) is 54.6 Å². The van der Waals surface area contributed by atoms with Gasteiger partial charge in [0.15, 0.2) is 0 Å². The highest BCUT2D eigenvalue weighted by atomic mass is 14.1. The lowest BCUT2D eigenvalue weighted by molar-refractivity contribution is 1.23. The van der Waals surface area contributed by atoms with Gasteiger partial charge in [0.25, 0.3) is 0 Å². The molecule has 0 atom stereocenters. The summed E-state index contributed by atoms with van der Waals surface area (Å²) in [5.41, 5.74) is 5.37. The third kappa shape index (κ3) is 2.85. The summed E-state index contributed by atoms with van der Waals surface area (Å²) in [5, 5.41) is 0. The van der Waals surface area contributed by atoms with Gasteiger partial charge in [-0.1, -0.05) is 67.6 Å². The van der Waals surface area contributed by atoms with Crippen LogP contribution >= 0.6 is 0 Å². The molecule has 0 radical (unpaired) electrons. The molecule has 2 aromatic carbocycles. The molecule has 0 saturated carbocycles. The summed E-state index contributed by atoms with van der Waals surface area (Å²) in [6.07, 6.45) is 3.34. The first kappa shape index (κ1) is 11.7. The number of benzene rings is 2. The van der Waals surface area contributed by atoms with E-state index in [0.717, 1.165) is 6.42 Å². The molecule has 2 aromatic rings. The highest BCUT2D eigenvalue weighted by Gasteiger charge is 2.02. The maximum absolute atomic E-state index is 2.28. The van der Waals surface area contributed by atoms with Crippen LogP contribution in [0.5, 0.6) is 0 Å². The van der Waals surface area contributed by atoms with Gasteiger partial charge in [-0.2, -0.15) is 0 Å². The quantitative estimate of drug-likeness (QED) is 0.645. The Morgan fingerprint density at radius 1 is 0.941 bits per heavy atom. The van der Waals surface area contributed by atoms with Crippen LogP contribution in [0, 0.1) is 6.92 Å². The highest BCUT2D eigenvalue weighted by molar-refractivity contribution is 5.82. The van der Waals surface area contributed by atoms with Crippen molar-refractivity contribution < 1.29 is 0 Å². The van der Waals surface area contributed by atoms with Gasteiger partial charge in [0, 0.05) is 0 Å². The number of allylic oxidation sites excluding steroid dienone is 1. The number of hydrogen-bond donors (Lipinski definition) is 0. The fourth-order valence-electron chi connectivity index (χ4n) is 2.05. The van der Waals surface area contributed by atoms with Gasteiger partial charge in [-0.3, -0.25) is 0 Å². The van der Waals surface area contributed by atoms with E-state index in [1.54, 1.807) is 0 Å². The molecule has 0 nitrogen and oxygen atoms in total. The van der Waals surface area contributed by atoms with E-state index in [-0.39, 0.29) is 0 Å². The molecular weight excluding hydrogens is 204 g/mol. The fraction of sp³-hybridized carbons (Fsp3) is 0.176. The van der Waals surface area contributed by atoms with E-state index in [4.69, 9.17) is 0 Å². The van der Waals surface area contributed by atoms with Crippen molar-refractivity contribution in [3.05, 3.63) is 71.3 Å². The highest BCUT2D eigenvalue weighted by Crippen LogP contribution is 2.24. The van der Waals surface area contributed by atoms with Gasteiger partial charge in [0.2, 0.25) is 0 Å². The van der Waals surface area contributed by atoms with Crippen LogP contribution in [-0.2, 0) is 0 Å². The van der Waals surface area contributed by atoms with Crippen molar-refractivity contribution in [1.82, 2.24) is 0 Å². The number of rotatable bonds is 3. The molecule has 0 aliphatic heterocycles. The molecule has 0 fully saturated rings. The third-order valence-corrected chi connectivity index (χ3v) is 3.01. The molecule has 0 N–H and O–H groups in total.